The summed E-state index contributed by atoms with van der Waals surface area (Å²) in [4.78, 5) is 11.1. The molecule has 0 aromatic heterocycles. The van der Waals surface area contributed by atoms with E-state index in [0.717, 1.165) is 17.7 Å². The Labute approximate surface area is 101 Å². The Morgan fingerprint density at radius 3 is 3.06 bits per heavy atom. The van der Waals surface area contributed by atoms with Crippen molar-refractivity contribution in [3.63, 3.8) is 0 Å². The molecular weight excluding hydrogens is 216 g/mol. The predicted octanol–water partition coefficient (Wildman–Crippen LogP) is 2.01. The number of carbonyl (C=O) groups is 1. The SMILES string of the molecule is CCCOc1cccc(CNC(=O)CC#N)c1. The Morgan fingerprint density at radius 2 is 2.35 bits per heavy atom. The zero-order valence-electron chi connectivity index (χ0n) is 9.90. The second-order valence-corrected chi connectivity index (χ2v) is 3.61. The number of nitrogens with zero attached hydrogens (tertiary/aromatic N) is 1. The van der Waals surface area contributed by atoms with Crippen LogP contribution in [-0.2, 0) is 11.3 Å². The van der Waals surface area contributed by atoms with E-state index in [-0.39, 0.29) is 12.3 Å². The minimum absolute atomic E-state index is 0.105. The van der Waals surface area contributed by atoms with E-state index in [1.807, 2.05) is 31.2 Å². The second-order valence-electron chi connectivity index (χ2n) is 3.61. The Hall–Kier alpha value is -2.02. The van der Waals surface area contributed by atoms with Gasteiger partial charge in [-0.25, -0.2) is 0 Å². The van der Waals surface area contributed by atoms with Crippen LogP contribution in [0.4, 0.5) is 0 Å². The Kier molecular flexibility index (Phi) is 5.59. The van der Waals surface area contributed by atoms with Crippen LogP contribution in [0.2, 0.25) is 0 Å². The molecule has 0 radical (unpaired) electrons. The Bertz CT molecular complexity index is 410. The van der Waals surface area contributed by atoms with Gasteiger partial charge in [0.05, 0.1) is 12.7 Å². The molecule has 0 heterocycles. The van der Waals surface area contributed by atoms with E-state index in [2.05, 4.69) is 5.32 Å². The quantitative estimate of drug-likeness (QED) is 0.816. The number of nitrogens with one attached hydrogen (secondary N) is 1. The molecule has 1 aromatic rings. The molecule has 0 aliphatic carbocycles. The van der Waals surface area contributed by atoms with Gasteiger partial charge in [-0.1, -0.05) is 19.1 Å². The minimum Gasteiger partial charge on any atom is -0.494 e. The van der Waals surface area contributed by atoms with Gasteiger partial charge in [0.15, 0.2) is 0 Å². The minimum atomic E-state index is -0.257. The maximum Gasteiger partial charge on any atom is 0.234 e. The van der Waals surface area contributed by atoms with Crippen LogP contribution in [0.3, 0.4) is 0 Å². The van der Waals surface area contributed by atoms with Gasteiger partial charge in [-0.15, -0.1) is 0 Å². The molecule has 1 N–H and O–H groups in total. The van der Waals surface area contributed by atoms with Crippen molar-refractivity contribution in [2.45, 2.75) is 26.3 Å². The van der Waals surface area contributed by atoms with Crippen LogP contribution in [0.1, 0.15) is 25.3 Å². The lowest BCUT2D eigenvalue weighted by Gasteiger charge is -2.07. The summed E-state index contributed by atoms with van der Waals surface area (Å²) >= 11 is 0. The molecule has 0 aliphatic rings. The molecular formula is C13H16N2O2. The molecule has 1 rings (SSSR count). The van der Waals surface area contributed by atoms with Gasteiger partial charge < -0.3 is 10.1 Å². The van der Waals surface area contributed by atoms with Crippen LogP contribution in [0.15, 0.2) is 24.3 Å². The molecule has 17 heavy (non-hydrogen) atoms. The first kappa shape index (κ1) is 13.0. The average Bonchev–Trinajstić information content (AvgIpc) is 2.35. The molecule has 1 amide bonds. The van der Waals surface area contributed by atoms with Crippen LogP contribution in [0, 0.1) is 11.3 Å². The number of rotatable bonds is 6. The first-order valence-corrected chi connectivity index (χ1v) is 5.61. The molecule has 4 nitrogen and oxygen atoms in total. The van der Waals surface area contributed by atoms with Crippen LogP contribution in [0.25, 0.3) is 0 Å². The van der Waals surface area contributed by atoms with Crippen LogP contribution >= 0.6 is 0 Å². The Morgan fingerprint density at radius 1 is 1.53 bits per heavy atom. The highest BCUT2D eigenvalue weighted by Gasteiger charge is 2.01. The number of amides is 1. The van der Waals surface area contributed by atoms with Gasteiger partial charge in [-0.2, -0.15) is 5.26 Å². The van der Waals surface area contributed by atoms with Gasteiger partial charge in [0.25, 0.3) is 0 Å². The van der Waals surface area contributed by atoms with E-state index in [0.29, 0.717) is 13.2 Å². The van der Waals surface area contributed by atoms with E-state index in [4.69, 9.17) is 10.00 Å². The summed E-state index contributed by atoms with van der Waals surface area (Å²) in [5, 5.41) is 11.0. The molecule has 0 aliphatic heterocycles. The smallest absolute Gasteiger partial charge is 0.234 e. The summed E-state index contributed by atoms with van der Waals surface area (Å²) < 4.78 is 5.49. The van der Waals surface area contributed by atoms with Crippen molar-refractivity contribution < 1.29 is 9.53 Å². The molecule has 0 fully saturated rings. The normalized spacial score (nSPS) is 9.41. The molecule has 0 bridgehead atoms. The van der Waals surface area contributed by atoms with Crippen LogP contribution < -0.4 is 10.1 Å². The lowest BCUT2D eigenvalue weighted by Crippen LogP contribution is -2.21. The molecule has 1 aromatic carbocycles. The number of benzene rings is 1. The summed E-state index contributed by atoms with van der Waals surface area (Å²) in [6, 6.07) is 9.38. The van der Waals surface area contributed by atoms with Crippen molar-refractivity contribution in [2.24, 2.45) is 0 Å². The fourth-order valence-corrected chi connectivity index (χ4v) is 1.30. The standard InChI is InChI=1S/C13H16N2O2/c1-2-8-17-12-5-3-4-11(9-12)10-15-13(16)6-7-14/h3-5,9H,2,6,8,10H2,1H3,(H,15,16). The average molecular weight is 232 g/mol. The topological polar surface area (TPSA) is 62.1 Å². The highest BCUT2D eigenvalue weighted by atomic mass is 16.5. The fourth-order valence-electron chi connectivity index (χ4n) is 1.30. The zero-order valence-corrected chi connectivity index (χ0v) is 9.90. The van der Waals surface area contributed by atoms with Gasteiger partial charge in [0.1, 0.15) is 12.2 Å². The Balaban J connectivity index is 2.48. The van der Waals surface area contributed by atoms with Crippen molar-refractivity contribution >= 4 is 5.91 Å². The van der Waals surface area contributed by atoms with E-state index in [9.17, 15) is 4.79 Å². The third kappa shape index (κ3) is 5.03. The zero-order chi connectivity index (χ0) is 12.5. The second kappa shape index (κ2) is 7.29. The molecule has 4 heteroatoms. The summed E-state index contributed by atoms with van der Waals surface area (Å²) in [5.74, 6) is 0.547. The third-order valence-corrected chi connectivity index (χ3v) is 2.10. The number of hydrogen-bond acceptors (Lipinski definition) is 3. The fraction of sp³-hybridized carbons (Fsp3) is 0.385. The van der Waals surface area contributed by atoms with Gasteiger partial charge >= 0.3 is 0 Å². The number of ether oxygens (including phenoxy) is 1. The lowest BCUT2D eigenvalue weighted by atomic mass is 10.2. The summed E-state index contributed by atoms with van der Waals surface area (Å²) in [7, 11) is 0. The van der Waals surface area contributed by atoms with Crippen molar-refractivity contribution in [1.82, 2.24) is 5.32 Å². The van der Waals surface area contributed by atoms with E-state index >= 15 is 0 Å². The van der Waals surface area contributed by atoms with Gasteiger partial charge in [-0.05, 0) is 24.1 Å². The number of nitriles is 1. The molecule has 0 spiro atoms. The number of hydrogen-bond donors (Lipinski definition) is 1. The van der Waals surface area contributed by atoms with Crippen molar-refractivity contribution in [2.75, 3.05) is 6.61 Å². The van der Waals surface area contributed by atoms with Crippen LogP contribution in [-0.4, -0.2) is 12.5 Å². The molecule has 0 unspecified atom stereocenters. The molecule has 0 saturated carbocycles. The predicted molar refractivity (Wildman–Crippen MR) is 64.3 cm³/mol. The highest BCUT2D eigenvalue weighted by Crippen LogP contribution is 2.13. The lowest BCUT2D eigenvalue weighted by molar-refractivity contribution is -0.120. The molecule has 0 atom stereocenters. The molecule has 0 saturated heterocycles. The summed E-state index contributed by atoms with van der Waals surface area (Å²) in [5.41, 5.74) is 0.963. The summed E-state index contributed by atoms with van der Waals surface area (Å²) in [6.45, 7) is 3.15. The van der Waals surface area contributed by atoms with Gasteiger partial charge in [0, 0.05) is 6.54 Å². The third-order valence-electron chi connectivity index (χ3n) is 2.10. The maximum atomic E-state index is 11.1. The van der Waals surface area contributed by atoms with Gasteiger partial charge in [-0.3, -0.25) is 4.79 Å². The molecule has 90 valence electrons. The first-order valence-electron chi connectivity index (χ1n) is 5.61. The van der Waals surface area contributed by atoms with E-state index in [1.54, 1.807) is 6.07 Å². The van der Waals surface area contributed by atoms with Crippen molar-refractivity contribution in [3.05, 3.63) is 29.8 Å². The largest absolute Gasteiger partial charge is 0.494 e. The van der Waals surface area contributed by atoms with E-state index < -0.39 is 0 Å². The van der Waals surface area contributed by atoms with Crippen molar-refractivity contribution in [3.8, 4) is 11.8 Å². The van der Waals surface area contributed by atoms with Crippen molar-refractivity contribution in [1.29, 1.82) is 5.26 Å². The summed E-state index contributed by atoms with van der Waals surface area (Å²) in [6.07, 6.45) is 0.856. The van der Waals surface area contributed by atoms with Crippen LogP contribution in [0.5, 0.6) is 5.75 Å². The van der Waals surface area contributed by atoms with E-state index in [1.165, 1.54) is 0 Å². The highest BCUT2D eigenvalue weighted by molar-refractivity contribution is 5.77. The maximum absolute atomic E-state index is 11.1. The first-order chi connectivity index (χ1) is 8.26. The van der Waals surface area contributed by atoms with Gasteiger partial charge in [0.2, 0.25) is 5.91 Å². The monoisotopic (exact) mass is 232 g/mol. The number of carbonyl (C=O) groups excluding carboxylic acids is 1.